The van der Waals surface area contributed by atoms with E-state index in [9.17, 15) is 10.1 Å². The second kappa shape index (κ2) is 2.30. The average Bonchev–Trinajstić information content (AvgIpc) is 1.88. The Morgan fingerprint density at radius 2 is 2.40 bits per heavy atom. The molecule has 0 saturated carbocycles. The van der Waals surface area contributed by atoms with E-state index >= 15 is 0 Å². The van der Waals surface area contributed by atoms with Crippen LogP contribution < -0.4 is 0 Å². The van der Waals surface area contributed by atoms with Crippen LogP contribution in [0.25, 0.3) is 0 Å². The number of hydrogen-bond donors (Lipinski definition) is 1. The fourth-order valence-corrected chi connectivity index (χ4v) is 0.444. The van der Waals surface area contributed by atoms with Gasteiger partial charge in [0.1, 0.15) is 0 Å². The van der Waals surface area contributed by atoms with Crippen LogP contribution >= 0.6 is 0 Å². The van der Waals surface area contributed by atoms with Crippen molar-refractivity contribution < 1.29 is 10.0 Å². The Balaban J connectivity index is 3.00. The SMILES string of the molecule is O=[N+]([O-])c1[c]nc(O)cc1. The summed E-state index contributed by atoms with van der Waals surface area (Å²) in [5, 5.41) is 18.5. The third kappa shape index (κ3) is 1.19. The molecular formula is C5H3N2O3. The van der Waals surface area contributed by atoms with Crippen LogP contribution in [0.5, 0.6) is 5.88 Å². The molecule has 1 heterocycles. The lowest BCUT2D eigenvalue weighted by Crippen LogP contribution is -1.87. The Morgan fingerprint density at radius 1 is 1.70 bits per heavy atom. The van der Waals surface area contributed by atoms with Gasteiger partial charge < -0.3 is 5.11 Å². The van der Waals surface area contributed by atoms with E-state index in [1.165, 1.54) is 0 Å². The first kappa shape index (κ1) is 6.47. The largest absolute Gasteiger partial charge is 0.493 e. The second-order valence-corrected chi connectivity index (χ2v) is 1.56. The summed E-state index contributed by atoms with van der Waals surface area (Å²) in [7, 11) is 0. The maximum absolute atomic E-state index is 9.96. The minimum atomic E-state index is -0.632. The highest BCUT2D eigenvalue weighted by Gasteiger charge is 2.04. The fraction of sp³-hybridized carbons (Fsp3) is 0. The van der Waals surface area contributed by atoms with Crippen LogP contribution in [0, 0.1) is 16.3 Å². The van der Waals surface area contributed by atoms with E-state index < -0.39 is 4.92 Å². The summed E-state index contributed by atoms with van der Waals surface area (Å²) >= 11 is 0. The van der Waals surface area contributed by atoms with Crippen LogP contribution in [0.1, 0.15) is 0 Å². The van der Waals surface area contributed by atoms with Gasteiger partial charge in [-0.1, -0.05) is 0 Å². The quantitative estimate of drug-likeness (QED) is 0.453. The number of aromatic hydroxyl groups is 1. The Bertz CT molecular complexity index is 244. The van der Waals surface area contributed by atoms with Crippen molar-refractivity contribution in [3.05, 3.63) is 28.4 Å². The van der Waals surface area contributed by atoms with Gasteiger partial charge in [0.2, 0.25) is 5.88 Å². The van der Waals surface area contributed by atoms with E-state index in [0.29, 0.717) is 0 Å². The molecule has 1 N–H and O–H groups in total. The monoisotopic (exact) mass is 139 g/mol. The number of hydrogen-bond acceptors (Lipinski definition) is 4. The molecule has 5 nitrogen and oxygen atoms in total. The molecule has 0 unspecified atom stereocenters. The lowest BCUT2D eigenvalue weighted by Gasteiger charge is -1.87. The minimum Gasteiger partial charge on any atom is -0.493 e. The molecule has 0 atom stereocenters. The molecule has 1 rings (SSSR count). The first-order valence-electron chi connectivity index (χ1n) is 2.42. The van der Waals surface area contributed by atoms with Crippen molar-refractivity contribution in [2.75, 3.05) is 0 Å². The molecule has 0 aliphatic rings. The number of nitrogens with zero attached hydrogens (tertiary/aromatic N) is 2. The van der Waals surface area contributed by atoms with Crippen LogP contribution in [0.4, 0.5) is 5.69 Å². The van der Waals surface area contributed by atoms with Crippen molar-refractivity contribution in [2.45, 2.75) is 0 Å². The van der Waals surface area contributed by atoms with Crippen molar-refractivity contribution in [3.8, 4) is 5.88 Å². The number of nitro groups is 1. The number of rotatable bonds is 1. The predicted molar refractivity (Wildman–Crippen MR) is 31.4 cm³/mol. The van der Waals surface area contributed by atoms with Crippen molar-refractivity contribution in [2.24, 2.45) is 0 Å². The Hall–Kier alpha value is -1.65. The molecule has 0 spiro atoms. The van der Waals surface area contributed by atoms with Gasteiger partial charge in [-0.15, -0.1) is 0 Å². The van der Waals surface area contributed by atoms with Crippen LogP contribution in [-0.4, -0.2) is 15.0 Å². The Kier molecular flexibility index (Phi) is 1.49. The van der Waals surface area contributed by atoms with E-state index in [4.69, 9.17) is 5.11 Å². The minimum absolute atomic E-state index is 0.252. The molecule has 0 aliphatic carbocycles. The predicted octanol–water partition coefficient (Wildman–Crippen LogP) is 0.496. The first-order valence-corrected chi connectivity index (χ1v) is 2.42. The van der Waals surface area contributed by atoms with Gasteiger partial charge >= 0.3 is 0 Å². The van der Waals surface area contributed by atoms with E-state index in [2.05, 4.69) is 4.98 Å². The van der Waals surface area contributed by atoms with Crippen molar-refractivity contribution in [1.29, 1.82) is 0 Å². The lowest BCUT2D eigenvalue weighted by atomic mass is 10.4. The third-order valence-corrected chi connectivity index (χ3v) is 0.872. The van der Waals surface area contributed by atoms with Gasteiger partial charge in [0.05, 0.1) is 4.92 Å². The van der Waals surface area contributed by atoms with Crippen LogP contribution in [0.2, 0.25) is 0 Å². The molecule has 0 aromatic carbocycles. The molecular weight excluding hydrogens is 136 g/mol. The summed E-state index contributed by atoms with van der Waals surface area (Å²) in [4.78, 5) is 12.5. The zero-order valence-corrected chi connectivity index (χ0v) is 4.81. The zero-order chi connectivity index (χ0) is 7.56. The average molecular weight is 139 g/mol. The number of aromatic nitrogens is 1. The second-order valence-electron chi connectivity index (χ2n) is 1.56. The van der Waals surface area contributed by atoms with E-state index in [1.54, 1.807) is 0 Å². The summed E-state index contributed by atoms with van der Waals surface area (Å²) in [5.74, 6) is -0.273. The van der Waals surface area contributed by atoms with Gasteiger partial charge in [0.15, 0.2) is 6.20 Å². The van der Waals surface area contributed by atoms with E-state index in [0.717, 1.165) is 12.1 Å². The van der Waals surface area contributed by atoms with E-state index in [-0.39, 0.29) is 11.6 Å². The molecule has 10 heavy (non-hydrogen) atoms. The highest BCUT2D eigenvalue weighted by molar-refractivity contribution is 5.26. The molecule has 5 heteroatoms. The maximum atomic E-state index is 9.96. The van der Waals surface area contributed by atoms with Crippen molar-refractivity contribution >= 4 is 5.69 Å². The smallest absolute Gasteiger partial charge is 0.297 e. The van der Waals surface area contributed by atoms with Gasteiger partial charge in [-0.25, -0.2) is 4.98 Å². The number of pyridine rings is 1. The third-order valence-electron chi connectivity index (χ3n) is 0.872. The van der Waals surface area contributed by atoms with Gasteiger partial charge in [-0.05, 0) is 0 Å². The summed E-state index contributed by atoms with van der Waals surface area (Å²) < 4.78 is 0. The van der Waals surface area contributed by atoms with E-state index in [1.807, 2.05) is 6.20 Å². The van der Waals surface area contributed by atoms with Crippen molar-refractivity contribution in [1.82, 2.24) is 4.98 Å². The Morgan fingerprint density at radius 3 is 2.80 bits per heavy atom. The van der Waals surface area contributed by atoms with Crippen molar-refractivity contribution in [3.63, 3.8) is 0 Å². The molecule has 1 aromatic heterocycles. The van der Waals surface area contributed by atoms with Crippen LogP contribution in [0.15, 0.2) is 12.1 Å². The highest BCUT2D eigenvalue weighted by Crippen LogP contribution is 2.10. The molecule has 0 fully saturated rings. The summed E-state index contributed by atoms with van der Waals surface area (Å²) in [6.45, 7) is 0. The maximum Gasteiger partial charge on any atom is 0.297 e. The topological polar surface area (TPSA) is 76.3 Å². The van der Waals surface area contributed by atoms with Gasteiger partial charge in [-0.2, -0.15) is 0 Å². The van der Waals surface area contributed by atoms with Crippen LogP contribution in [-0.2, 0) is 0 Å². The van der Waals surface area contributed by atoms with Gasteiger partial charge in [0.25, 0.3) is 5.69 Å². The molecule has 0 bridgehead atoms. The summed E-state index contributed by atoms with van der Waals surface area (Å²) in [5.41, 5.74) is -0.252. The first-order chi connectivity index (χ1) is 4.70. The Labute approximate surface area is 56.1 Å². The molecule has 1 radical (unpaired) electrons. The molecule has 0 saturated heterocycles. The zero-order valence-electron chi connectivity index (χ0n) is 4.81. The molecule has 0 amide bonds. The molecule has 51 valence electrons. The lowest BCUT2D eigenvalue weighted by molar-refractivity contribution is -0.385. The normalized spacial score (nSPS) is 9.20. The summed E-state index contributed by atoms with van der Waals surface area (Å²) in [6.07, 6.45) is 2.04. The molecule has 1 aromatic rings. The van der Waals surface area contributed by atoms with Gasteiger partial charge in [-0.3, -0.25) is 10.1 Å². The standard InChI is InChI=1S/C5H3N2O3/c8-5-2-1-4(3-6-5)7(9)10/h1-2H,(H,6,8). The fourth-order valence-electron chi connectivity index (χ4n) is 0.444. The highest BCUT2D eigenvalue weighted by atomic mass is 16.6. The van der Waals surface area contributed by atoms with Gasteiger partial charge in [0, 0.05) is 12.1 Å². The van der Waals surface area contributed by atoms with Crippen LogP contribution in [0.3, 0.4) is 0 Å². The summed E-state index contributed by atoms with van der Waals surface area (Å²) in [6, 6.07) is 2.26. The molecule has 0 aliphatic heterocycles.